The van der Waals surface area contributed by atoms with Crippen LogP contribution in [0, 0.1) is 5.82 Å². The van der Waals surface area contributed by atoms with Gasteiger partial charge in [-0.05, 0) is 47.0 Å². The van der Waals surface area contributed by atoms with Gasteiger partial charge in [0.2, 0.25) is 0 Å². The summed E-state index contributed by atoms with van der Waals surface area (Å²) in [4.78, 5) is 15.1. The molecule has 3 aromatic carbocycles. The summed E-state index contributed by atoms with van der Waals surface area (Å²) >= 11 is 6.45. The van der Waals surface area contributed by atoms with E-state index in [1.807, 2.05) is 30.5 Å². The Bertz CT molecular complexity index is 1290. The van der Waals surface area contributed by atoms with Crippen LogP contribution in [0.3, 0.4) is 0 Å². The van der Waals surface area contributed by atoms with Crippen LogP contribution in [0.4, 0.5) is 4.39 Å². The number of rotatable bonds is 10. The minimum atomic E-state index is -0.942. The lowest BCUT2D eigenvalue weighted by molar-refractivity contribution is -0.139. The summed E-state index contributed by atoms with van der Waals surface area (Å²) < 4.78 is 24.4. The first kappa shape index (κ1) is 23.6. The number of carbonyl (C=O) groups is 1. The molecule has 0 saturated heterocycles. The summed E-state index contributed by atoms with van der Waals surface area (Å²) in [5, 5.41) is 14.2. The molecule has 0 aliphatic heterocycles. The van der Waals surface area contributed by atoms with E-state index in [1.54, 1.807) is 24.3 Å². The number of aromatic nitrogens is 1. The van der Waals surface area contributed by atoms with Crippen molar-refractivity contribution in [1.82, 2.24) is 10.3 Å². The highest BCUT2D eigenvalue weighted by Crippen LogP contribution is 2.37. The Balaban J connectivity index is 1.45. The second-order valence-corrected chi connectivity index (χ2v) is 8.27. The fraction of sp³-hybridized carbons (Fsp3) is 0.192. The van der Waals surface area contributed by atoms with E-state index in [2.05, 4.69) is 10.3 Å². The zero-order chi connectivity index (χ0) is 24.1. The Hall–Kier alpha value is -3.55. The number of halogens is 2. The van der Waals surface area contributed by atoms with Crippen LogP contribution in [-0.2, 0) is 24.4 Å². The van der Waals surface area contributed by atoms with Gasteiger partial charge in [-0.2, -0.15) is 0 Å². The fourth-order valence-corrected chi connectivity index (χ4v) is 4.05. The van der Waals surface area contributed by atoms with Gasteiger partial charge in [0.15, 0.2) is 11.5 Å². The van der Waals surface area contributed by atoms with Crippen molar-refractivity contribution >= 4 is 28.5 Å². The number of carboxylic acid groups (broad SMARTS) is 1. The molecule has 0 radical (unpaired) electrons. The minimum Gasteiger partial charge on any atom is -0.493 e. The highest BCUT2D eigenvalue weighted by atomic mass is 35.5. The summed E-state index contributed by atoms with van der Waals surface area (Å²) in [6.45, 7) is 0.466. The highest BCUT2D eigenvalue weighted by molar-refractivity contribution is 6.32. The molecule has 1 atom stereocenters. The predicted molar refractivity (Wildman–Crippen MR) is 129 cm³/mol. The number of nitrogens with one attached hydrogen (secondary N) is 2. The van der Waals surface area contributed by atoms with Crippen molar-refractivity contribution < 1.29 is 23.8 Å². The molecule has 0 aliphatic carbocycles. The van der Waals surface area contributed by atoms with E-state index in [1.165, 1.54) is 19.2 Å². The molecule has 176 valence electrons. The molecule has 0 spiro atoms. The topological polar surface area (TPSA) is 83.6 Å². The summed E-state index contributed by atoms with van der Waals surface area (Å²) in [5.41, 5.74) is 3.43. The molecule has 1 heterocycles. The Morgan fingerprint density at radius 3 is 2.65 bits per heavy atom. The van der Waals surface area contributed by atoms with E-state index in [0.29, 0.717) is 22.9 Å². The van der Waals surface area contributed by atoms with Crippen LogP contribution in [0.1, 0.15) is 16.7 Å². The molecule has 1 aromatic heterocycles. The molecule has 6 nitrogen and oxygen atoms in total. The summed E-state index contributed by atoms with van der Waals surface area (Å²) in [6, 6.07) is 16.4. The van der Waals surface area contributed by atoms with Crippen molar-refractivity contribution in [2.75, 3.05) is 7.11 Å². The van der Waals surface area contributed by atoms with Crippen LogP contribution in [0.5, 0.6) is 11.5 Å². The van der Waals surface area contributed by atoms with Crippen molar-refractivity contribution in [2.24, 2.45) is 0 Å². The van der Waals surface area contributed by atoms with Crippen LogP contribution < -0.4 is 14.8 Å². The van der Waals surface area contributed by atoms with E-state index in [-0.39, 0.29) is 19.0 Å². The molecule has 8 heteroatoms. The Kier molecular flexibility index (Phi) is 7.35. The second-order valence-electron chi connectivity index (χ2n) is 7.86. The molecule has 4 aromatic rings. The highest BCUT2D eigenvalue weighted by Gasteiger charge is 2.20. The van der Waals surface area contributed by atoms with Gasteiger partial charge < -0.3 is 24.9 Å². The first-order valence-corrected chi connectivity index (χ1v) is 11.1. The third kappa shape index (κ3) is 5.50. The molecule has 0 unspecified atom stereocenters. The summed E-state index contributed by atoms with van der Waals surface area (Å²) in [7, 11) is 1.50. The van der Waals surface area contributed by atoms with E-state index >= 15 is 0 Å². The van der Waals surface area contributed by atoms with Gasteiger partial charge >= 0.3 is 5.97 Å². The molecular formula is C26H24ClFN2O4. The van der Waals surface area contributed by atoms with Gasteiger partial charge in [-0.25, -0.2) is 4.39 Å². The largest absolute Gasteiger partial charge is 0.493 e. The van der Waals surface area contributed by atoms with Gasteiger partial charge in [0.05, 0.1) is 12.1 Å². The lowest BCUT2D eigenvalue weighted by atomic mass is 10.0. The van der Waals surface area contributed by atoms with Crippen molar-refractivity contribution in [2.45, 2.75) is 25.6 Å². The number of hydrogen-bond acceptors (Lipinski definition) is 4. The zero-order valence-electron chi connectivity index (χ0n) is 18.5. The zero-order valence-corrected chi connectivity index (χ0v) is 19.2. The third-order valence-corrected chi connectivity index (χ3v) is 5.82. The number of aliphatic carboxylic acids is 1. The number of fused-ring (bicyclic) bond motifs is 1. The molecule has 0 amide bonds. The third-order valence-electron chi connectivity index (χ3n) is 5.54. The molecule has 4 rings (SSSR count). The minimum absolute atomic E-state index is 0.194. The molecule has 0 bridgehead atoms. The van der Waals surface area contributed by atoms with Crippen LogP contribution in [-0.4, -0.2) is 29.2 Å². The van der Waals surface area contributed by atoms with Gasteiger partial charge in [0.1, 0.15) is 18.5 Å². The second kappa shape index (κ2) is 10.6. The Morgan fingerprint density at radius 1 is 1.15 bits per heavy atom. The SMILES string of the molecule is COc1cc(CN[C@H](Cc2c[nH]c3ccccc23)C(=O)O)cc(Cl)c1OCc1ccc(F)cc1. The average Bonchev–Trinajstić information content (AvgIpc) is 3.24. The number of benzene rings is 3. The molecule has 0 saturated carbocycles. The number of methoxy groups -OCH3 is 1. The number of para-hydroxylation sites is 1. The maximum atomic E-state index is 13.1. The Morgan fingerprint density at radius 2 is 1.91 bits per heavy atom. The van der Waals surface area contributed by atoms with Gasteiger partial charge in [0.25, 0.3) is 0 Å². The maximum absolute atomic E-state index is 13.1. The fourth-order valence-electron chi connectivity index (χ4n) is 3.76. The molecule has 34 heavy (non-hydrogen) atoms. The lowest BCUT2D eigenvalue weighted by Gasteiger charge is -2.17. The average molecular weight is 483 g/mol. The standard InChI is InChI=1S/C26H24ClFN2O4/c1-33-24-11-17(10-21(27)25(24)34-15-16-6-8-19(28)9-7-16)13-29-23(26(31)32)12-18-14-30-22-5-3-2-4-20(18)22/h2-11,14,23,29-30H,12-13,15H2,1H3,(H,31,32)/t23-/m1/s1. The van der Waals surface area contributed by atoms with E-state index in [4.69, 9.17) is 21.1 Å². The molecular weight excluding hydrogens is 459 g/mol. The van der Waals surface area contributed by atoms with Gasteiger partial charge in [-0.15, -0.1) is 0 Å². The van der Waals surface area contributed by atoms with Crippen LogP contribution >= 0.6 is 11.6 Å². The first-order valence-electron chi connectivity index (χ1n) is 10.7. The number of H-pyrrole nitrogens is 1. The number of ether oxygens (including phenoxy) is 2. The monoisotopic (exact) mass is 482 g/mol. The van der Waals surface area contributed by atoms with E-state index < -0.39 is 12.0 Å². The van der Waals surface area contributed by atoms with Gasteiger partial charge in [0, 0.05) is 30.1 Å². The summed E-state index contributed by atoms with van der Waals surface area (Å²) in [6.07, 6.45) is 2.17. The number of carboxylic acids is 1. The Labute approximate surface area is 201 Å². The van der Waals surface area contributed by atoms with Crippen LogP contribution in [0.15, 0.2) is 66.9 Å². The molecule has 3 N–H and O–H groups in total. The summed E-state index contributed by atoms with van der Waals surface area (Å²) in [5.74, 6) is -0.469. The smallest absolute Gasteiger partial charge is 0.321 e. The normalized spacial score (nSPS) is 12.0. The van der Waals surface area contributed by atoms with Crippen molar-refractivity contribution in [3.8, 4) is 11.5 Å². The van der Waals surface area contributed by atoms with Crippen LogP contribution in [0.2, 0.25) is 5.02 Å². The van der Waals surface area contributed by atoms with Gasteiger partial charge in [-0.1, -0.05) is 41.9 Å². The maximum Gasteiger partial charge on any atom is 0.321 e. The van der Waals surface area contributed by atoms with E-state index in [0.717, 1.165) is 27.6 Å². The quantitative estimate of drug-likeness (QED) is 0.284. The van der Waals surface area contributed by atoms with Gasteiger partial charge in [-0.3, -0.25) is 4.79 Å². The van der Waals surface area contributed by atoms with E-state index in [9.17, 15) is 14.3 Å². The molecule has 0 fully saturated rings. The van der Waals surface area contributed by atoms with Crippen molar-refractivity contribution in [1.29, 1.82) is 0 Å². The number of hydrogen-bond donors (Lipinski definition) is 3. The number of aromatic amines is 1. The van der Waals surface area contributed by atoms with Crippen molar-refractivity contribution in [3.05, 3.63) is 94.4 Å². The first-order chi connectivity index (χ1) is 16.4. The molecule has 0 aliphatic rings. The van der Waals surface area contributed by atoms with Crippen LogP contribution in [0.25, 0.3) is 10.9 Å². The predicted octanol–water partition coefficient (Wildman–Crippen LogP) is 5.33. The lowest BCUT2D eigenvalue weighted by Crippen LogP contribution is -2.38. The van der Waals surface area contributed by atoms with Crippen molar-refractivity contribution in [3.63, 3.8) is 0 Å².